The number of anilines is 1. The number of hydrogen-bond acceptors (Lipinski definition) is 4. The van der Waals surface area contributed by atoms with E-state index in [1.54, 1.807) is 31.2 Å². The minimum Gasteiger partial charge on any atom is -0.357 e. The summed E-state index contributed by atoms with van der Waals surface area (Å²) >= 11 is 0. The summed E-state index contributed by atoms with van der Waals surface area (Å²) in [4.78, 5) is 27.5. The van der Waals surface area contributed by atoms with Crippen molar-refractivity contribution in [2.75, 3.05) is 17.9 Å². The van der Waals surface area contributed by atoms with Crippen LogP contribution < -0.4 is 9.62 Å². The number of amides is 2. The summed E-state index contributed by atoms with van der Waals surface area (Å²) in [7, 11) is -2.83. The van der Waals surface area contributed by atoms with Crippen LogP contribution in [0.3, 0.4) is 0 Å². The Kier molecular flexibility index (Phi) is 8.99. The van der Waals surface area contributed by atoms with Crippen LogP contribution in [-0.2, 0) is 26.2 Å². The van der Waals surface area contributed by atoms with Gasteiger partial charge in [0.25, 0.3) is 10.0 Å². The molecule has 0 saturated heterocycles. The van der Waals surface area contributed by atoms with E-state index in [0.717, 1.165) is 34.1 Å². The molecule has 37 heavy (non-hydrogen) atoms. The maximum Gasteiger partial charge on any atom is 0.264 e. The standard InChI is InChI=1S/C27H29F2N3O4S/c1-4-25(27(34)30-3)31(17-20-7-9-21(28)10-8-20)26(33)18-32(23-13-5-19(2)6-14-23)37(35,36)24-15-11-22(29)12-16-24/h5-16,25H,4,17-18H2,1-3H3,(H,30,34)/t25-/m0/s1. The van der Waals surface area contributed by atoms with Gasteiger partial charge in [0.05, 0.1) is 10.6 Å². The number of nitrogens with zero attached hydrogens (tertiary/aromatic N) is 2. The summed E-state index contributed by atoms with van der Waals surface area (Å²) in [6, 6.07) is 15.5. The fraction of sp³-hybridized carbons (Fsp3) is 0.259. The molecule has 0 spiro atoms. The van der Waals surface area contributed by atoms with Crippen molar-refractivity contribution >= 4 is 27.5 Å². The van der Waals surface area contributed by atoms with Crippen LogP contribution in [0.4, 0.5) is 14.5 Å². The Balaban J connectivity index is 2.04. The van der Waals surface area contributed by atoms with Crippen molar-refractivity contribution in [2.45, 2.75) is 37.8 Å². The van der Waals surface area contributed by atoms with E-state index in [-0.39, 0.29) is 23.5 Å². The van der Waals surface area contributed by atoms with Gasteiger partial charge in [-0.3, -0.25) is 13.9 Å². The first-order valence-corrected chi connectivity index (χ1v) is 13.1. The molecule has 3 aromatic rings. The highest BCUT2D eigenvalue weighted by Gasteiger charge is 2.33. The average molecular weight is 530 g/mol. The minimum absolute atomic E-state index is 0.0383. The van der Waals surface area contributed by atoms with Crippen LogP contribution in [0.2, 0.25) is 0 Å². The van der Waals surface area contributed by atoms with Crippen LogP contribution in [0.5, 0.6) is 0 Å². The molecule has 0 saturated carbocycles. The summed E-state index contributed by atoms with van der Waals surface area (Å²) in [5, 5.41) is 2.54. The molecule has 0 aliphatic rings. The Hall–Kier alpha value is -3.79. The number of rotatable bonds is 10. The lowest BCUT2D eigenvalue weighted by atomic mass is 10.1. The normalized spacial score (nSPS) is 12.0. The molecule has 7 nitrogen and oxygen atoms in total. The first-order valence-electron chi connectivity index (χ1n) is 11.7. The number of benzene rings is 3. The molecule has 0 radical (unpaired) electrons. The van der Waals surface area contributed by atoms with E-state index in [0.29, 0.717) is 5.56 Å². The van der Waals surface area contributed by atoms with Crippen molar-refractivity contribution in [1.82, 2.24) is 10.2 Å². The van der Waals surface area contributed by atoms with Crippen molar-refractivity contribution < 1.29 is 26.8 Å². The number of carbonyl (C=O) groups excluding carboxylic acids is 2. The fourth-order valence-corrected chi connectivity index (χ4v) is 5.26. The average Bonchev–Trinajstić information content (AvgIpc) is 2.88. The van der Waals surface area contributed by atoms with Gasteiger partial charge in [0.2, 0.25) is 11.8 Å². The first kappa shape index (κ1) is 27.8. The number of sulfonamides is 1. The zero-order chi connectivity index (χ0) is 27.2. The van der Waals surface area contributed by atoms with Gasteiger partial charge in [0.1, 0.15) is 24.2 Å². The van der Waals surface area contributed by atoms with Gasteiger partial charge >= 0.3 is 0 Å². The third-order valence-corrected chi connectivity index (χ3v) is 7.69. The van der Waals surface area contributed by atoms with E-state index in [1.165, 1.54) is 36.2 Å². The summed E-state index contributed by atoms with van der Waals surface area (Å²) in [5.74, 6) is -2.10. The van der Waals surface area contributed by atoms with E-state index >= 15 is 0 Å². The van der Waals surface area contributed by atoms with Crippen LogP contribution in [0.15, 0.2) is 77.7 Å². The number of hydrogen-bond donors (Lipinski definition) is 1. The third-order valence-electron chi connectivity index (χ3n) is 5.90. The lowest BCUT2D eigenvalue weighted by molar-refractivity contribution is -0.140. The van der Waals surface area contributed by atoms with Gasteiger partial charge < -0.3 is 10.2 Å². The molecule has 1 atom stereocenters. The largest absolute Gasteiger partial charge is 0.357 e. The van der Waals surface area contributed by atoms with Crippen LogP contribution in [-0.4, -0.2) is 44.8 Å². The van der Waals surface area contributed by atoms with Gasteiger partial charge in [0.15, 0.2) is 0 Å². The van der Waals surface area contributed by atoms with Crippen LogP contribution in [0.1, 0.15) is 24.5 Å². The highest BCUT2D eigenvalue weighted by atomic mass is 32.2. The molecule has 0 aliphatic carbocycles. The molecule has 0 fully saturated rings. The van der Waals surface area contributed by atoms with Crippen LogP contribution in [0, 0.1) is 18.6 Å². The van der Waals surface area contributed by atoms with Crippen molar-refractivity contribution in [3.8, 4) is 0 Å². The number of aryl methyl sites for hydroxylation is 1. The summed E-state index contributed by atoms with van der Waals surface area (Å²) in [6.07, 6.45) is 0.266. The molecule has 0 bridgehead atoms. The van der Waals surface area contributed by atoms with Crippen molar-refractivity contribution in [1.29, 1.82) is 0 Å². The van der Waals surface area contributed by atoms with Gasteiger partial charge in [-0.05, 0) is 67.4 Å². The first-order chi connectivity index (χ1) is 17.6. The van der Waals surface area contributed by atoms with E-state index in [2.05, 4.69) is 5.32 Å². The van der Waals surface area contributed by atoms with Gasteiger partial charge in [-0.2, -0.15) is 0 Å². The number of halogens is 2. The quantitative estimate of drug-likeness (QED) is 0.430. The SMILES string of the molecule is CC[C@@H](C(=O)NC)N(Cc1ccc(F)cc1)C(=O)CN(c1ccc(C)cc1)S(=O)(=O)c1ccc(F)cc1. The molecule has 1 N–H and O–H groups in total. The Morgan fingerprint density at radius 1 is 0.892 bits per heavy atom. The summed E-state index contributed by atoms with van der Waals surface area (Å²) < 4.78 is 55.1. The smallest absolute Gasteiger partial charge is 0.264 e. The van der Waals surface area contributed by atoms with Gasteiger partial charge in [-0.1, -0.05) is 36.8 Å². The van der Waals surface area contributed by atoms with Crippen molar-refractivity contribution in [3.63, 3.8) is 0 Å². The number of likely N-dealkylation sites (N-methyl/N-ethyl adjacent to an activating group) is 1. The molecular weight excluding hydrogens is 500 g/mol. The Labute approximate surface area is 215 Å². The predicted octanol–water partition coefficient (Wildman–Crippen LogP) is 4.02. The zero-order valence-electron chi connectivity index (χ0n) is 20.8. The van der Waals surface area contributed by atoms with E-state index in [1.807, 2.05) is 6.92 Å². The second-order valence-corrected chi connectivity index (χ2v) is 10.3. The Morgan fingerprint density at radius 2 is 1.43 bits per heavy atom. The van der Waals surface area contributed by atoms with Crippen molar-refractivity contribution in [3.05, 3.63) is 95.6 Å². The van der Waals surface area contributed by atoms with Crippen LogP contribution >= 0.6 is 0 Å². The molecule has 2 amide bonds. The topological polar surface area (TPSA) is 86.8 Å². The zero-order valence-corrected chi connectivity index (χ0v) is 21.6. The molecule has 3 aromatic carbocycles. The van der Waals surface area contributed by atoms with Gasteiger partial charge in [-0.25, -0.2) is 17.2 Å². The highest BCUT2D eigenvalue weighted by molar-refractivity contribution is 7.92. The monoisotopic (exact) mass is 529 g/mol. The lowest BCUT2D eigenvalue weighted by Gasteiger charge is -2.33. The summed E-state index contributed by atoms with van der Waals surface area (Å²) in [6.45, 7) is 2.92. The van der Waals surface area contributed by atoms with E-state index < -0.39 is 46.1 Å². The van der Waals surface area contributed by atoms with Crippen molar-refractivity contribution in [2.24, 2.45) is 0 Å². The Bertz CT molecular complexity index is 1330. The Morgan fingerprint density at radius 3 is 1.95 bits per heavy atom. The maximum absolute atomic E-state index is 13.7. The number of carbonyl (C=O) groups is 2. The van der Waals surface area contributed by atoms with Gasteiger partial charge in [-0.15, -0.1) is 0 Å². The number of nitrogens with one attached hydrogen (secondary N) is 1. The molecule has 3 rings (SSSR count). The van der Waals surface area contributed by atoms with Crippen LogP contribution in [0.25, 0.3) is 0 Å². The molecule has 0 unspecified atom stereocenters. The second kappa shape index (κ2) is 12.0. The minimum atomic E-state index is -4.28. The highest BCUT2D eigenvalue weighted by Crippen LogP contribution is 2.25. The maximum atomic E-state index is 13.7. The summed E-state index contributed by atoms with van der Waals surface area (Å²) in [5.41, 5.74) is 1.69. The predicted molar refractivity (Wildman–Crippen MR) is 137 cm³/mol. The van der Waals surface area contributed by atoms with E-state index in [9.17, 15) is 26.8 Å². The molecule has 196 valence electrons. The fourth-order valence-electron chi connectivity index (χ4n) is 3.85. The lowest BCUT2D eigenvalue weighted by Crippen LogP contribution is -2.51. The molecule has 10 heteroatoms. The van der Waals surface area contributed by atoms with Gasteiger partial charge in [0, 0.05) is 13.6 Å². The molecular formula is C27H29F2N3O4S. The molecule has 0 aromatic heterocycles. The second-order valence-electron chi connectivity index (χ2n) is 8.49. The molecule has 0 aliphatic heterocycles. The third kappa shape index (κ3) is 6.71. The van der Waals surface area contributed by atoms with E-state index in [4.69, 9.17) is 0 Å². The molecule has 0 heterocycles.